The van der Waals surface area contributed by atoms with Gasteiger partial charge in [-0.3, -0.25) is 4.79 Å². The smallest absolute Gasteiger partial charge is 0.230 e. The fourth-order valence-electron chi connectivity index (χ4n) is 2.02. The van der Waals surface area contributed by atoms with Crippen molar-refractivity contribution < 1.29 is 9.32 Å². The van der Waals surface area contributed by atoms with Crippen molar-refractivity contribution in [2.45, 2.75) is 13.3 Å². The average Bonchev–Trinajstić information content (AvgIpc) is 2.96. The number of nitrogens with zero attached hydrogens (tertiary/aromatic N) is 3. The lowest BCUT2D eigenvalue weighted by Crippen LogP contribution is -2.16. The molecule has 8 heteroatoms. The quantitative estimate of drug-likeness (QED) is 0.696. The van der Waals surface area contributed by atoms with Crippen LogP contribution in [0.3, 0.4) is 0 Å². The standard InChI is InChI=1S/C16H14BrN5O2/c1-10-8-15(22-24-10)18-13-6-7-14(21-20-13)19-16(23)9-11-4-2-3-5-12(11)17/h2-8H,9H2,1H3,(H,18,20,22)(H,19,21,23). The van der Waals surface area contributed by atoms with Gasteiger partial charge in [0.1, 0.15) is 5.76 Å². The van der Waals surface area contributed by atoms with E-state index in [1.54, 1.807) is 25.1 Å². The van der Waals surface area contributed by atoms with Gasteiger partial charge in [-0.2, -0.15) is 0 Å². The van der Waals surface area contributed by atoms with E-state index in [2.05, 4.69) is 41.9 Å². The van der Waals surface area contributed by atoms with Crippen LogP contribution in [0.15, 0.2) is 51.5 Å². The van der Waals surface area contributed by atoms with Crippen LogP contribution in [-0.4, -0.2) is 21.3 Å². The molecule has 2 heterocycles. The number of carbonyl (C=O) groups excluding carboxylic acids is 1. The second kappa shape index (κ2) is 7.22. The van der Waals surface area contributed by atoms with Crippen molar-refractivity contribution >= 4 is 39.3 Å². The van der Waals surface area contributed by atoms with Crippen molar-refractivity contribution in [1.29, 1.82) is 0 Å². The molecule has 0 saturated carbocycles. The number of aromatic nitrogens is 3. The molecular weight excluding hydrogens is 374 g/mol. The highest BCUT2D eigenvalue weighted by molar-refractivity contribution is 9.10. The number of nitrogens with one attached hydrogen (secondary N) is 2. The minimum atomic E-state index is -0.163. The highest BCUT2D eigenvalue weighted by Gasteiger charge is 2.08. The van der Waals surface area contributed by atoms with Crippen LogP contribution in [0.25, 0.3) is 0 Å². The van der Waals surface area contributed by atoms with Gasteiger partial charge in [-0.1, -0.05) is 39.3 Å². The first-order valence-electron chi connectivity index (χ1n) is 7.17. The van der Waals surface area contributed by atoms with E-state index in [0.29, 0.717) is 23.2 Å². The van der Waals surface area contributed by atoms with Gasteiger partial charge in [0.2, 0.25) is 5.91 Å². The molecule has 2 N–H and O–H groups in total. The maximum absolute atomic E-state index is 12.1. The molecule has 0 aliphatic rings. The second-order valence-corrected chi connectivity index (χ2v) is 5.92. The Morgan fingerprint density at radius 1 is 1.12 bits per heavy atom. The fraction of sp³-hybridized carbons (Fsp3) is 0.125. The lowest BCUT2D eigenvalue weighted by atomic mass is 10.1. The fourth-order valence-corrected chi connectivity index (χ4v) is 2.45. The number of anilines is 3. The lowest BCUT2D eigenvalue weighted by molar-refractivity contribution is -0.115. The minimum absolute atomic E-state index is 0.163. The zero-order valence-corrected chi connectivity index (χ0v) is 14.4. The van der Waals surface area contributed by atoms with Crippen molar-refractivity contribution in [3.8, 4) is 0 Å². The van der Waals surface area contributed by atoms with Gasteiger partial charge in [0.05, 0.1) is 6.42 Å². The third kappa shape index (κ3) is 4.17. The van der Waals surface area contributed by atoms with Crippen molar-refractivity contribution in [1.82, 2.24) is 15.4 Å². The first kappa shape index (κ1) is 16.1. The Morgan fingerprint density at radius 3 is 2.54 bits per heavy atom. The summed E-state index contributed by atoms with van der Waals surface area (Å²) in [7, 11) is 0. The van der Waals surface area contributed by atoms with Gasteiger partial charge in [-0.15, -0.1) is 10.2 Å². The molecule has 1 amide bonds. The molecule has 3 aromatic rings. The summed E-state index contributed by atoms with van der Waals surface area (Å²) >= 11 is 3.42. The summed E-state index contributed by atoms with van der Waals surface area (Å²) in [5.41, 5.74) is 0.905. The predicted molar refractivity (Wildman–Crippen MR) is 93.0 cm³/mol. The molecule has 0 spiro atoms. The molecule has 122 valence electrons. The zero-order valence-electron chi connectivity index (χ0n) is 12.8. The molecule has 0 atom stereocenters. The first-order valence-corrected chi connectivity index (χ1v) is 7.97. The van der Waals surface area contributed by atoms with Gasteiger partial charge in [0.15, 0.2) is 17.5 Å². The van der Waals surface area contributed by atoms with Gasteiger partial charge < -0.3 is 15.2 Å². The third-order valence-corrected chi connectivity index (χ3v) is 3.90. The summed E-state index contributed by atoms with van der Waals surface area (Å²) in [6.45, 7) is 1.80. The van der Waals surface area contributed by atoms with Crippen LogP contribution < -0.4 is 10.6 Å². The number of hydrogen-bond acceptors (Lipinski definition) is 6. The van der Waals surface area contributed by atoms with Crippen LogP contribution in [-0.2, 0) is 11.2 Å². The topological polar surface area (TPSA) is 92.9 Å². The number of rotatable bonds is 5. The van der Waals surface area contributed by atoms with E-state index in [0.717, 1.165) is 10.0 Å². The molecule has 0 radical (unpaired) electrons. The first-order chi connectivity index (χ1) is 11.6. The molecule has 7 nitrogen and oxygen atoms in total. The van der Waals surface area contributed by atoms with E-state index >= 15 is 0 Å². The number of hydrogen-bond donors (Lipinski definition) is 2. The van der Waals surface area contributed by atoms with Gasteiger partial charge in [-0.25, -0.2) is 0 Å². The van der Waals surface area contributed by atoms with Crippen LogP contribution in [0.1, 0.15) is 11.3 Å². The molecule has 0 fully saturated rings. The van der Waals surface area contributed by atoms with Gasteiger partial charge >= 0.3 is 0 Å². The summed E-state index contributed by atoms with van der Waals surface area (Å²) in [6.07, 6.45) is 0.251. The molecule has 2 aromatic heterocycles. The number of halogens is 1. The van der Waals surface area contributed by atoms with E-state index in [-0.39, 0.29) is 12.3 Å². The van der Waals surface area contributed by atoms with Gasteiger partial charge in [0, 0.05) is 10.5 Å². The van der Waals surface area contributed by atoms with E-state index in [1.165, 1.54) is 0 Å². The molecule has 0 bridgehead atoms. The van der Waals surface area contributed by atoms with Crippen LogP contribution in [0.4, 0.5) is 17.5 Å². The Balaban J connectivity index is 1.59. The maximum atomic E-state index is 12.1. The Morgan fingerprint density at radius 2 is 1.88 bits per heavy atom. The predicted octanol–water partition coefficient (Wildman–Crippen LogP) is 3.46. The molecule has 0 aliphatic heterocycles. The molecule has 24 heavy (non-hydrogen) atoms. The number of aryl methyl sites for hydroxylation is 1. The molecule has 0 saturated heterocycles. The number of carbonyl (C=O) groups is 1. The van der Waals surface area contributed by atoms with Gasteiger partial charge in [0.25, 0.3) is 0 Å². The maximum Gasteiger partial charge on any atom is 0.230 e. The van der Waals surface area contributed by atoms with Crippen LogP contribution in [0.5, 0.6) is 0 Å². The zero-order chi connectivity index (χ0) is 16.9. The van der Waals surface area contributed by atoms with E-state index in [4.69, 9.17) is 4.52 Å². The normalized spacial score (nSPS) is 10.4. The molecule has 3 rings (SSSR count). The largest absolute Gasteiger partial charge is 0.360 e. The highest BCUT2D eigenvalue weighted by atomic mass is 79.9. The summed E-state index contributed by atoms with van der Waals surface area (Å²) < 4.78 is 5.85. The van der Waals surface area contributed by atoms with Crippen LogP contribution in [0.2, 0.25) is 0 Å². The summed E-state index contributed by atoms with van der Waals surface area (Å²) in [5.74, 6) is 1.97. The average molecular weight is 388 g/mol. The van der Waals surface area contributed by atoms with Crippen molar-refractivity contribution in [3.63, 3.8) is 0 Å². The highest BCUT2D eigenvalue weighted by Crippen LogP contribution is 2.17. The molecule has 1 aromatic carbocycles. The molecule has 0 aliphatic carbocycles. The van der Waals surface area contributed by atoms with Crippen molar-refractivity contribution in [3.05, 3.63) is 58.3 Å². The van der Waals surface area contributed by atoms with Crippen molar-refractivity contribution in [2.75, 3.05) is 10.6 Å². The molecular formula is C16H14BrN5O2. The minimum Gasteiger partial charge on any atom is -0.360 e. The Kier molecular flexibility index (Phi) is 4.85. The van der Waals surface area contributed by atoms with Gasteiger partial charge in [-0.05, 0) is 30.7 Å². The Bertz CT molecular complexity index is 848. The van der Waals surface area contributed by atoms with Crippen LogP contribution in [0, 0.1) is 6.92 Å². The molecule has 0 unspecified atom stereocenters. The van der Waals surface area contributed by atoms with E-state index < -0.39 is 0 Å². The van der Waals surface area contributed by atoms with E-state index in [9.17, 15) is 4.79 Å². The van der Waals surface area contributed by atoms with Crippen molar-refractivity contribution in [2.24, 2.45) is 0 Å². The second-order valence-electron chi connectivity index (χ2n) is 5.07. The number of amides is 1. The Hall–Kier alpha value is -2.74. The third-order valence-electron chi connectivity index (χ3n) is 3.12. The summed E-state index contributed by atoms with van der Waals surface area (Å²) in [4.78, 5) is 12.1. The number of benzene rings is 1. The lowest BCUT2D eigenvalue weighted by Gasteiger charge is -2.06. The summed E-state index contributed by atoms with van der Waals surface area (Å²) in [5, 5.41) is 17.4. The monoisotopic (exact) mass is 387 g/mol. The summed E-state index contributed by atoms with van der Waals surface area (Å²) in [6, 6.07) is 12.7. The SMILES string of the molecule is Cc1cc(Nc2ccc(NC(=O)Cc3ccccc3Br)nn2)no1. The van der Waals surface area contributed by atoms with Crippen LogP contribution >= 0.6 is 15.9 Å². The Labute approximate surface area is 146 Å². The van der Waals surface area contributed by atoms with E-state index in [1.807, 2.05) is 24.3 Å².